The van der Waals surface area contributed by atoms with Crippen molar-refractivity contribution in [3.05, 3.63) is 12.3 Å². The molecule has 0 amide bonds. The normalized spacial score (nSPS) is 10.4. The zero-order valence-electron chi connectivity index (χ0n) is 5.13. The van der Waals surface area contributed by atoms with Crippen LogP contribution in [0.25, 0.3) is 0 Å². The van der Waals surface area contributed by atoms with E-state index in [4.69, 9.17) is 0 Å². The van der Waals surface area contributed by atoms with E-state index in [2.05, 4.69) is 22.4 Å². The second-order valence-electron chi connectivity index (χ2n) is 1.42. The second-order valence-corrected chi connectivity index (χ2v) is 2.14. The van der Waals surface area contributed by atoms with Gasteiger partial charge in [-0.3, -0.25) is 0 Å². The van der Waals surface area contributed by atoms with E-state index >= 15 is 0 Å². The summed E-state index contributed by atoms with van der Waals surface area (Å²) in [5, 5.41) is 0. The van der Waals surface area contributed by atoms with Crippen LogP contribution in [-0.4, -0.2) is 22.8 Å². The van der Waals surface area contributed by atoms with Crippen LogP contribution in [0.15, 0.2) is 12.3 Å². The van der Waals surface area contributed by atoms with Crippen molar-refractivity contribution in [2.75, 3.05) is 7.05 Å². The van der Waals surface area contributed by atoms with E-state index in [1.165, 1.54) is 0 Å². The molecule has 0 heterocycles. The maximum absolute atomic E-state index is 2.19. The number of nitrogens with zero attached hydrogens (tertiary/aromatic N) is 1. The number of hydrogen-bond acceptors (Lipinski definition) is 1. The average molecular weight is 221 g/mol. The summed E-state index contributed by atoms with van der Waals surface area (Å²) in [6, 6.07) is 0. The number of hydrogen-bond donors (Lipinski definition) is 0. The summed E-state index contributed by atoms with van der Waals surface area (Å²) >= 11 is 2.19. The summed E-state index contributed by atoms with van der Waals surface area (Å²) in [5.41, 5.74) is 0. The summed E-state index contributed by atoms with van der Waals surface area (Å²) < 4.78 is 1.97. The maximum atomic E-state index is 2.19. The van der Waals surface area contributed by atoms with Gasteiger partial charge in [-0.25, -0.2) is 0 Å². The molecule has 8 heavy (non-hydrogen) atoms. The Bertz CT molecular complexity index is 88.6. The molecule has 3 heteroatoms. The second kappa shape index (κ2) is 5.34. The van der Waals surface area contributed by atoms with Crippen LogP contribution in [-0.2, 0) is 0 Å². The zero-order chi connectivity index (χ0) is 6.41. The molecule has 0 aromatic carbocycles. The molecule has 0 aliphatic rings. The van der Waals surface area contributed by atoms with Gasteiger partial charge in [-0.05, 0) is 0 Å². The standard InChI is InChI=1S/C5H9BIN/c1-3-4-8(2)5-6-7/h3-5H,1-2H3/b4-3-. The Kier molecular flexibility index (Phi) is 5.48. The van der Waals surface area contributed by atoms with E-state index in [-0.39, 0.29) is 0 Å². The number of halogens is 1. The Labute approximate surface area is 64.5 Å². The Morgan fingerprint density at radius 2 is 2.25 bits per heavy atom. The molecule has 0 bridgehead atoms. The van der Waals surface area contributed by atoms with E-state index < -0.39 is 0 Å². The fourth-order valence-electron chi connectivity index (χ4n) is 0.374. The van der Waals surface area contributed by atoms with Crippen LogP contribution in [0.3, 0.4) is 0 Å². The molecule has 0 atom stereocenters. The Morgan fingerprint density at radius 1 is 1.62 bits per heavy atom. The third-order valence-corrected chi connectivity index (χ3v) is 0.997. The van der Waals surface area contributed by atoms with Crippen molar-refractivity contribution in [2.24, 2.45) is 0 Å². The van der Waals surface area contributed by atoms with Gasteiger partial charge in [0.1, 0.15) is 0 Å². The first kappa shape index (κ1) is 8.20. The van der Waals surface area contributed by atoms with Crippen LogP contribution in [0.1, 0.15) is 6.92 Å². The molecule has 1 nitrogen and oxygen atoms in total. The number of allylic oxidation sites excluding steroid dienone is 1. The summed E-state index contributed by atoms with van der Waals surface area (Å²) in [4.78, 5) is 1.99. The van der Waals surface area contributed by atoms with Gasteiger partial charge in [0, 0.05) is 0 Å². The SMILES string of the molecule is C/C=C\N(C)C=BI. The first-order valence-electron chi connectivity index (χ1n) is 2.43. The van der Waals surface area contributed by atoms with Gasteiger partial charge >= 0.3 is 64.4 Å². The van der Waals surface area contributed by atoms with Gasteiger partial charge in [-0.15, -0.1) is 0 Å². The average Bonchev–Trinajstić information content (AvgIpc) is 1.68. The molecule has 0 saturated carbocycles. The summed E-state index contributed by atoms with van der Waals surface area (Å²) in [7, 11) is 2.00. The molecule has 0 aliphatic carbocycles. The molecular weight excluding hydrogens is 212 g/mol. The van der Waals surface area contributed by atoms with Crippen LogP contribution < -0.4 is 0 Å². The van der Waals surface area contributed by atoms with Gasteiger partial charge < -0.3 is 0 Å². The first-order chi connectivity index (χ1) is 3.81. The van der Waals surface area contributed by atoms with Crippen molar-refractivity contribution in [2.45, 2.75) is 6.92 Å². The molecule has 0 fully saturated rings. The molecule has 0 aromatic rings. The van der Waals surface area contributed by atoms with Crippen molar-refractivity contribution in [1.82, 2.24) is 4.90 Å². The summed E-state index contributed by atoms with van der Waals surface area (Å²) in [6.45, 7) is 2.00. The van der Waals surface area contributed by atoms with Crippen LogP contribution >= 0.6 is 22.4 Å². The fourth-order valence-corrected chi connectivity index (χ4v) is 0.881. The van der Waals surface area contributed by atoms with E-state index in [1.54, 1.807) is 0 Å². The van der Waals surface area contributed by atoms with Gasteiger partial charge in [0.15, 0.2) is 0 Å². The molecular formula is C5H9BIN. The quantitative estimate of drug-likeness (QED) is 0.501. The van der Waals surface area contributed by atoms with Gasteiger partial charge in [-0.1, -0.05) is 0 Å². The molecule has 44 valence electrons. The van der Waals surface area contributed by atoms with Crippen LogP contribution in [0.2, 0.25) is 0 Å². The third kappa shape index (κ3) is 4.37. The van der Waals surface area contributed by atoms with Crippen LogP contribution in [0, 0.1) is 0 Å². The van der Waals surface area contributed by atoms with Crippen molar-refractivity contribution in [3.63, 3.8) is 0 Å². The van der Waals surface area contributed by atoms with Crippen LogP contribution in [0.5, 0.6) is 0 Å². The monoisotopic (exact) mass is 221 g/mol. The zero-order valence-corrected chi connectivity index (χ0v) is 7.29. The Hall–Kier alpha value is 0.205. The minimum absolute atomic E-state index is 1.97. The number of rotatable bonds is 2. The van der Waals surface area contributed by atoms with E-state index in [0.29, 0.717) is 0 Å². The van der Waals surface area contributed by atoms with Crippen molar-refractivity contribution in [1.29, 1.82) is 0 Å². The fraction of sp³-hybridized carbons (Fsp3) is 0.400. The first-order valence-corrected chi connectivity index (χ1v) is 3.67. The molecule has 0 spiro atoms. The van der Waals surface area contributed by atoms with Crippen LogP contribution in [0.4, 0.5) is 0 Å². The van der Waals surface area contributed by atoms with Crippen molar-refractivity contribution in [3.8, 4) is 0 Å². The van der Waals surface area contributed by atoms with Gasteiger partial charge in [0.2, 0.25) is 0 Å². The van der Waals surface area contributed by atoms with Crippen molar-refractivity contribution >= 4 is 33.2 Å². The molecule has 0 unspecified atom stereocenters. The minimum atomic E-state index is 1.97. The Balaban J connectivity index is 3.47. The summed E-state index contributed by atoms with van der Waals surface area (Å²) in [5.74, 6) is 0. The van der Waals surface area contributed by atoms with E-state index in [0.717, 1.165) is 0 Å². The molecule has 0 rings (SSSR count). The van der Waals surface area contributed by atoms with E-state index in [9.17, 15) is 0 Å². The predicted molar refractivity (Wildman–Crippen MR) is 48.4 cm³/mol. The molecule has 0 aromatic heterocycles. The topological polar surface area (TPSA) is 3.24 Å². The molecule has 0 saturated heterocycles. The summed E-state index contributed by atoms with van der Waals surface area (Å²) in [6.07, 6.45) is 5.98. The third-order valence-electron chi connectivity index (χ3n) is 0.676. The van der Waals surface area contributed by atoms with E-state index in [1.807, 2.05) is 42.0 Å². The predicted octanol–water partition coefficient (Wildman–Crippen LogP) is 1.27. The molecule has 0 radical (unpaired) electrons. The van der Waals surface area contributed by atoms with Crippen molar-refractivity contribution < 1.29 is 0 Å². The van der Waals surface area contributed by atoms with Gasteiger partial charge in [0.05, 0.1) is 0 Å². The van der Waals surface area contributed by atoms with Gasteiger partial charge in [0.25, 0.3) is 0 Å². The van der Waals surface area contributed by atoms with Gasteiger partial charge in [-0.2, -0.15) is 0 Å². The molecule has 0 aliphatic heterocycles. The molecule has 0 N–H and O–H groups in total. The Morgan fingerprint density at radius 3 is 2.62 bits per heavy atom.